The molecule has 21 heavy (non-hydrogen) atoms. The van der Waals surface area contributed by atoms with Crippen molar-refractivity contribution in [2.45, 2.75) is 20.4 Å². The Morgan fingerprint density at radius 1 is 0.905 bits per heavy atom. The summed E-state index contributed by atoms with van der Waals surface area (Å²) >= 11 is 0. The monoisotopic (exact) mass is 285 g/mol. The van der Waals surface area contributed by atoms with E-state index in [0.29, 0.717) is 13.2 Å². The molecule has 1 N–H and O–H groups in total. The van der Waals surface area contributed by atoms with Crippen molar-refractivity contribution in [3.05, 3.63) is 59.2 Å². The highest BCUT2D eigenvalue weighted by atomic mass is 16.5. The molecule has 0 aliphatic rings. The van der Waals surface area contributed by atoms with Gasteiger partial charge in [0.25, 0.3) is 0 Å². The number of hydrogen-bond acceptors (Lipinski definition) is 3. The maximum absolute atomic E-state index is 5.77. The van der Waals surface area contributed by atoms with Crippen LogP contribution in [-0.2, 0) is 6.54 Å². The minimum Gasteiger partial charge on any atom is -0.490 e. The first-order valence-corrected chi connectivity index (χ1v) is 7.26. The molecule has 0 atom stereocenters. The van der Waals surface area contributed by atoms with E-state index in [4.69, 9.17) is 9.47 Å². The molecule has 0 radical (unpaired) electrons. The zero-order chi connectivity index (χ0) is 15.1. The van der Waals surface area contributed by atoms with E-state index in [1.165, 1.54) is 16.7 Å². The SMILES string of the molecule is CNCc1ccc(OCCOc2cccc(C)c2C)cc1. The lowest BCUT2D eigenvalue weighted by Crippen LogP contribution is -2.10. The van der Waals surface area contributed by atoms with Crippen molar-refractivity contribution in [1.82, 2.24) is 5.32 Å². The molecular formula is C18H23NO2. The van der Waals surface area contributed by atoms with Crippen molar-refractivity contribution in [2.75, 3.05) is 20.3 Å². The Hall–Kier alpha value is -2.00. The van der Waals surface area contributed by atoms with E-state index in [9.17, 15) is 0 Å². The summed E-state index contributed by atoms with van der Waals surface area (Å²) in [6.07, 6.45) is 0. The Morgan fingerprint density at radius 3 is 2.33 bits per heavy atom. The molecule has 112 valence electrons. The number of rotatable bonds is 7. The smallest absolute Gasteiger partial charge is 0.122 e. The summed E-state index contributed by atoms with van der Waals surface area (Å²) in [6, 6.07) is 14.2. The van der Waals surface area contributed by atoms with E-state index in [-0.39, 0.29) is 0 Å². The van der Waals surface area contributed by atoms with E-state index in [1.54, 1.807) is 0 Å². The van der Waals surface area contributed by atoms with Gasteiger partial charge in [-0.15, -0.1) is 0 Å². The predicted molar refractivity (Wildman–Crippen MR) is 86.1 cm³/mol. The van der Waals surface area contributed by atoms with Gasteiger partial charge >= 0.3 is 0 Å². The van der Waals surface area contributed by atoms with Gasteiger partial charge < -0.3 is 14.8 Å². The molecule has 0 aliphatic heterocycles. The van der Waals surface area contributed by atoms with E-state index in [1.807, 2.05) is 31.3 Å². The second-order valence-electron chi connectivity index (χ2n) is 5.07. The van der Waals surface area contributed by atoms with E-state index in [0.717, 1.165) is 18.0 Å². The summed E-state index contributed by atoms with van der Waals surface area (Å²) in [5.41, 5.74) is 3.68. The first-order valence-electron chi connectivity index (χ1n) is 7.26. The molecule has 0 saturated heterocycles. The number of ether oxygens (including phenoxy) is 2. The Kier molecular flexibility index (Phi) is 5.64. The summed E-state index contributed by atoms with van der Waals surface area (Å²) in [7, 11) is 1.94. The topological polar surface area (TPSA) is 30.5 Å². The summed E-state index contributed by atoms with van der Waals surface area (Å²) in [5, 5.41) is 3.12. The van der Waals surface area contributed by atoms with Crippen molar-refractivity contribution < 1.29 is 9.47 Å². The van der Waals surface area contributed by atoms with E-state index in [2.05, 4.69) is 37.4 Å². The highest BCUT2D eigenvalue weighted by Crippen LogP contribution is 2.20. The number of aryl methyl sites for hydroxylation is 1. The molecule has 0 unspecified atom stereocenters. The lowest BCUT2D eigenvalue weighted by Gasteiger charge is -2.12. The fourth-order valence-electron chi connectivity index (χ4n) is 2.10. The van der Waals surface area contributed by atoms with Crippen LogP contribution in [0, 0.1) is 13.8 Å². The van der Waals surface area contributed by atoms with Crippen LogP contribution < -0.4 is 14.8 Å². The summed E-state index contributed by atoms with van der Waals surface area (Å²) in [6.45, 7) is 6.12. The molecule has 0 fully saturated rings. The van der Waals surface area contributed by atoms with Gasteiger partial charge in [0.2, 0.25) is 0 Å². The van der Waals surface area contributed by atoms with Gasteiger partial charge in [-0.1, -0.05) is 24.3 Å². The molecule has 2 rings (SSSR count). The molecule has 0 spiro atoms. The summed E-state index contributed by atoms with van der Waals surface area (Å²) in [5.74, 6) is 1.81. The maximum Gasteiger partial charge on any atom is 0.122 e. The second kappa shape index (κ2) is 7.70. The molecule has 0 aromatic heterocycles. The standard InChI is InChI=1S/C18H23NO2/c1-14-5-4-6-18(15(14)2)21-12-11-20-17-9-7-16(8-10-17)13-19-3/h4-10,19H,11-13H2,1-3H3. The van der Waals surface area contributed by atoms with Crippen LogP contribution in [-0.4, -0.2) is 20.3 Å². The van der Waals surface area contributed by atoms with Crippen molar-refractivity contribution in [3.63, 3.8) is 0 Å². The fourth-order valence-corrected chi connectivity index (χ4v) is 2.10. The van der Waals surface area contributed by atoms with Crippen molar-refractivity contribution in [2.24, 2.45) is 0 Å². The third kappa shape index (κ3) is 4.50. The van der Waals surface area contributed by atoms with Gasteiger partial charge in [-0.3, -0.25) is 0 Å². The van der Waals surface area contributed by atoms with Crippen molar-refractivity contribution in [1.29, 1.82) is 0 Å². The molecular weight excluding hydrogens is 262 g/mol. The van der Waals surface area contributed by atoms with Crippen LogP contribution in [0.15, 0.2) is 42.5 Å². The lowest BCUT2D eigenvalue weighted by molar-refractivity contribution is 0.216. The zero-order valence-electron chi connectivity index (χ0n) is 13.0. The minimum atomic E-state index is 0.540. The average molecular weight is 285 g/mol. The van der Waals surface area contributed by atoms with Crippen LogP contribution in [0.1, 0.15) is 16.7 Å². The first kappa shape index (κ1) is 15.4. The van der Waals surface area contributed by atoms with Gasteiger partial charge in [0, 0.05) is 6.54 Å². The fraction of sp³-hybridized carbons (Fsp3) is 0.333. The highest BCUT2D eigenvalue weighted by Gasteiger charge is 2.01. The lowest BCUT2D eigenvalue weighted by atomic mass is 10.1. The summed E-state index contributed by atoms with van der Waals surface area (Å²) in [4.78, 5) is 0. The third-order valence-electron chi connectivity index (χ3n) is 3.47. The normalized spacial score (nSPS) is 10.4. The number of benzene rings is 2. The van der Waals surface area contributed by atoms with Crippen LogP contribution in [0.2, 0.25) is 0 Å². The van der Waals surface area contributed by atoms with Crippen LogP contribution in [0.3, 0.4) is 0 Å². The Labute approximate surface area is 126 Å². The average Bonchev–Trinajstić information content (AvgIpc) is 2.50. The molecule has 3 nitrogen and oxygen atoms in total. The molecule has 0 heterocycles. The Bertz CT molecular complexity index is 564. The van der Waals surface area contributed by atoms with Gasteiger partial charge in [-0.25, -0.2) is 0 Å². The van der Waals surface area contributed by atoms with Gasteiger partial charge in [0.15, 0.2) is 0 Å². The van der Waals surface area contributed by atoms with Crippen molar-refractivity contribution >= 4 is 0 Å². The molecule has 0 amide bonds. The van der Waals surface area contributed by atoms with Gasteiger partial charge in [0.05, 0.1) is 0 Å². The molecule has 2 aromatic rings. The Balaban J connectivity index is 1.78. The Morgan fingerprint density at radius 2 is 1.62 bits per heavy atom. The van der Waals surface area contributed by atoms with Crippen LogP contribution >= 0.6 is 0 Å². The van der Waals surface area contributed by atoms with E-state index < -0.39 is 0 Å². The summed E-state index contributed by atoms with van der Waals surface area (Å²) < 4.78 is 11.5. The van der Waals surface area contributed by atoms with Crippen LogP contribution in [0.25, 0.3) is 0 Å². The van der Waals surface area contributed by atoms with Crippen molar-refractivity contribution in [3.8, 4) is 11.5 Å². The highest BCUT2D eigenvalue weighted by molar-refractivity contribution is 5.38. The molecule has 2 aromatic carbocycles. The zero-order valence-corrected chi connectivity index (χ0v) is 13.0. The van der Waals surface area contributed by atoms with Gasteiger partial charge in [0.1, 0.15) is 24.7 Å². The van der Waals surface area contributed by atoms with Crippen LogP contribution in [0.4, 0.5) is 0 Å². The molecule has 0 saturated carbocycles. The third-order valence-corrected chi connectivity index (χ3v) is 3.47. The largest absolute Gasteiger partial charge is 0.490 e. The van der Waals surface area contributed by atoms with Crippen LogP contribution in [0.5, 0.6) is 11.5 Å². The minimum absolute atomic E-state index is 0.540. The van der Waals surface area contributed by atoms with Gasteiger partial charge in [-0.05, 0) is 55.8 Å². The predicted octanol–water partition coefficient (Wildman–Crippen LogP) is 3.48. The van der Waals surface area contributed by atoms with E-state index >= 15 is 0 Å². The maximum atomic E-state index is 5.77. The second-order valence-corrected chi connectivity index (χ2v) is 5.07. The quantitative estimate of drug-likeness (QED) is 0.790. The number of hydrogen-bond donors (Lipinski definition) is 1. The molecule has 0 bridgehead atoms. The molecule has 0 aliphatic carbocycles. The first-order chi connectivity index (χ1) is 10.2. The van der Waals surface area contributed by atoms with Gasteiger partial charge in [-0.2, -0.15) is 0 Å². The number of nitrogens with one attached hydrogen (secondary N) is 1. The molecule has 3 heteroatoms.